The molecule has 0 bridgehead atoms. The summed E-state index contributed by atoms with van der Waals surface area (Å²) in [5.74, 6) is 6.16. The number of hydrogen-bond donors (Lipinski definition) is 2. The first-order valence-electron chi connectivity index (χ1n) is 5.00. The number of nitrogens with two attached hydrogens (primary N) is 1. The summed E-state index contributed by atoms with van der Waals surface area (Å²) in [5, 5.41) is 0. The molecule has 0 aromatic heterocycles. The van der Waals surface area contributed by atoms with Crippen LogP contribution in [0.3, 0.4) is 0 Å². The van der Waals surface area contributed by atoms with Gasteiger partial charge in [0.15, 0.2) is 0 Å². The minimum atomic E-state index is 0.242. The van der Waals surface area contributed by atoms with Crippen molar-refractivity contribution in [3.05, 3.63) is 0 Å². The van der Waals surface area contributed by atoms with E-state index in [-0.39, 0.29) is 6.04 Å². The molecule has 1 aliphatic heterocycles. The highest BCUT2D eigenvalue weighted by Gasteiger charge is 2.22. The van der Waals surface area contributed by atoms with Crippen molar-refractivity contribution < 1.29 is 4.74 Å². The second kappa shape index (κ2) is 5.17. The predicted molar refractivity (Wildman–Crippen MR) is 56.9 cm³/mol. The Morgan fingerprint density at radius 2 is 2.36 bits per heavy atom. The zero-order valence-electron chi connectivity index (χ0n) is 9.16. The zero-order valence-corrected chi connectivity index (χ0v) is 9.16. The third-order valence-corrected chi connectivity index (χ3v) is 2.30. The average molecular weight is 200 g/mol. The summed E-state index contributed by atoms with van der Waals surface area (Å²) in [7, 11) is 1.99. The van der Waals surface area contributed by atoms with E-state index in [2.05, 4.69) is 10.4 Å². The molecule has 1 rings (SSSR count). The van der Waals surface area contributed by atoms with Crippen molar-refractivity contribution in [1.82, 2.24) is 10.3 Å². The number of hydrazine groups is 1. The van der Waals surface area contributed by atoms with Gasteiger partial charge in [-0.25, -0.2) is 10.8 Å². The van der Waals surface area contributed by atoms with Crippen molar-refractivity contribution in [3.8, 4) is 0 Å². The Bertz CT molecular complexity index is 199. The van der Waals surface area contributed by atoms with Crippen LogP contribution in [0.2, 0.25) is 0 Å². The van der Waals surface area contributed by atoms with E-state index in [1.807, 2.05) is 25.8 Å². The van der Waals surface area contributed by atoms with Crippen LogP contribution in [0.4, 0.5) is 0 Å². The summed E-state index contributed by atoms with van der Waals surface area (Å²) < 4.78 is 5.31. The lowest BCUT2D eigenvalue weighted by Crippen LogP contribution is -2.48. The predicted octanol–water partition coefficient (Wildman–Crippen LogP) is -0.0652. The topological polar surface area (TPSA) is 62.9 Å². The first-order chi connectivity index (χ1) is 6.65. The molecule has 5 nitrogen and oxygen atoms in total. The van der Waals surface area contributed by atoms with Crippen molar-refractivity contribution in [1.29, 1.82) is 0 Å². The van der Waals surface area contributed by atoms with Crippen LogP contribution in [0.1, 0.15) is 20.3 Å². The maximum absolute atomic E-state index is 5.43. The van der Waals surface area contributed by atoms with Gasteiger partial charge in [0.1, 0.15) is 0 Å². The van der Waals surface area contributed by atoms with Crippen molar-refractivity contribution >= 4 is 5.96 Å². The minimum Gasteiger partial charge on any atom is -0.379 e. The van der Waals surface area contributed by atoms with Gasteiger partial charge in [0.25, 0.3) is 0 Å². The lowest BCUT2D eigenvalue weighted by atomic mass is 10.2. The fraction of sp³-hybridized carbons (Fsp3) is 0.889. The smallest absolute Gasteiger partial charge is 0.208 e. The van der Waals surface area contributed by atoms with Gasteiger partial charge in [-0.2, -0.15) is 0 Å². The average Bonchev–Trinajstić information content (AvgIpc) is 2.65. The van der Waals surface area contributed by atoms with Crippen LogP contribution in [0, 0.1) is 0 Å². The Hall–Kier alpha value is -0.810. The minimum absolute atomic E-state index is 0.242. The molecular weight excluding hydrogens is 180 g/mol. The van der Waals surface area contributed by atoms with E-state index in [0.29, 0.717) is 6.04 Å². The van der Waals surface area contributed by atoms with Gasteiger partial charge < -0.3 is 9.64 Å². The molecule has 1 heterocycles. The molecule has 14 heavy (non-hydrogen) atoms. The van der Waals surface area contributed by atoms with Gasteiger partial charge in [-0.05, 0) is 20.3 Å². The van der Waals surface area contributed by atoms with Gasteiger partial charge in [-0.3, -0.25) is 5.43 Å². The third-order valence-electron chi connectivity index (χ3n) is 2.30. The third kappa shape index (κ3) is 2.85. The molecule has 5 heteroatoms. The molecule has 1 unspecified atom stereocenters. The van der Waals surface area contributed by atoms with Crippen LogP contribution in [-0.2, 0) is 4.74 Å². The molecule has 0 radical (unpaired) electrons. The van der Waals surface area contributed by atoms with E-state index in [1.165, 1.54) is 0 Å². The maximum Gasteiger partial charge on any atom is 0.208 e. The number of guanidine groups is 1. The quantitative estimate of drug-likeness (QED) is 0.283. The molecule has 3 N–H and O–H groups in total. The Kier molecular flexibility index (Phi) is 4.16. The Morgan fingerprint density at radius 1 is 1.64 bits per heavy atom. The second-order valence-corrected chi connectivity index (χ2v) is 3.82. The molecular formula is C9H20N4O. The van der Waals surface area contributed by atoms with Gasteiger partial charge in [-0.15, -0.1) is 0 Å². The van der Waals surface area contributed by atoms with Crippen molar-refractivity contribution in [2.24, 2.45) is 10.8 Å². The molecule has 1 aliphatic rings. The molecule has 82 valence electrons. The lowest BCUT2D eigenvalue weighted by molar-refractivity contribution is 0.178. The van der Waals surface area contributed by atoms with E-state index in [1.54, 1.807) is 0 Å². The highest BCUT2D eigenvalue weighted by Crippen LogP contribution is 2.10. The number of nitrogens with one attached hydrogen (secondary N) is 1. The fourth-order valence-electron chi connectivity index (χ4n) is 1.48. The standard InChI is InChI=1S/C9H20N4O/c1-7(2)11-9(12-10)13(3)8-4-5-14-6-8/h7-8H,4-6,10H2,1-3H3,(H,11,12). The first kappa shape index (κ1) is 11.3. The van der Waals surface area contributed by atoms with E-state index < -0.39 is 0 Å². The molecule has 1 saturated heterocycles. The van der Waals surface area contributed by atoms with E-state index in [0.717, 1.165) is 25.6 Å². The highest BCUT2D eigenvalue weighted by molar-refractivity contribution is 5.79. The van der Waals surface area contributed by atoms with Crippen molar-refractivity contribution in [2.45, 2.75) is 32.4 Å². The van der Waals surface area contributed by atoms with E-state index in [4.69, 9.17) is 10.6 Å². The first-order valence-corrected chi connectivity index (χ1v) is 5.00. The van der Waals surface area contributed by atoms with Gasteiger partial charge in [-0.1, -0.05) is 0 Å². The number of likely N-dealkylation sites (N-methyl/N-ethyl adjacent to an activating group) is 1. The monoisotopic (exact) mass is 200 g/mol. The summed E-state index contributed by atoms with van der Waals surface area (Å²) in [6, 6.07) is 0.634. The van der Waals surface area contributed by atoms with E-state index >= 15 is 0 Å². The molecule has 0 amide bonds. The number of ether oxygens (including phenoxy) is 1. The number of rotatable bonds is 2. The molecule has 0 aliphatic carbocycles. The Labute approximate surface area is 85.3 Å². The Balaban J connectivity index is 2.58. The van der Waals surface area contributed by atoms with Gasteiger partial charge >= 0.3 is 0 Å². The number of nitrogens with zero attached hydrogens (tertiary/aromatic N) is 2. The Morgan fingerprint density at radius 3 is 2.79 bits per heavy atom. The van der Waals surface area contributed by atoms with Gasteiger partial charge in [0.05, 0.1) is 12.6 Å². The molecule has 0 aromatic rings. The fourth-order valence-corrected chi connectivity index (χ4v) is 1.48. The highest BCUT2D eigenvalue weighted by atomic mass is 16.5. The van der Waals surface area contributed by atoms with Crippen LogP contribution in [0.25, 0.3) is 0 Å². The molecule has 0 spiro atoms. The van der Waals surface area contributed by atoms with Crippen LogP contribution >= 0.6 is 0 Å². The van der Waals surface area contributed by atoms with Gasteiger partial charge in [0.2, 0.25) is 5.96 Å². The largest absolute Gasteiger partial charge is 0.379 e. The van der Waals surface area contributed by atoms with Crippen LogP contribution < -0.4 is 11.3 Å². The number of aliphatic imine (C=N–C) groups is 1. The van der Waals surface area contributed by atoms with Crippen molar-refractivity contribution in [3.63, 3.8) is 0 Å². The van der Waals surface area contributed by atoms with Crippen molar-refractivity contribution in [2.75, 3.05) is 20.3 Å². The normalized spacial score (nSPS) is 22.9. The molecule has 1 fully saturated rings. The molecule has 0 saturated carbocycles. The van der Waals surface area contributed by atoms with Crippen LogP contribution in [0.5, 0.6) is 0 Å². The molecule has 0 aromatic carbocycles. The second-order valence-electron chi connectivity index (χ2n) is 3.82. The summed E-state index contributed by atoms with van der Waals surface area (Å²) in [6.45, 7) is 5.64. The summed E-state index contributed by atoms with van der Waals surface area (Å²) >= 11 is 0. The van der Waals surface area contributed by atoms with Crippen LogP contribution in [0.15, 0.2) is 4.99 Å². The molecule has 1 atom stereocenters. The SMILES string of the molecule is CC(C)N=C(NN)N(C)C1CCOC1. The van der Waals surface area contributed by atoms with E-state index in [9.17, 15) is 0 Å². The maximum atomic E-state index is 5.43. The summed E-state index contributed by atoms with van der Waals surface area (Å²) in [5.41, 5.74) is 2.63. The van der Waals surface area contributed by atoms with Gasteiger partial charge in [0, 0.05) is 19.7 Å². The van der Waals surface area contributed by atoms with Crippen LogP contribution in [-0.4, -0.2) is 43.2 Å². The lowest BCUT2D eigenvalue weighted by Gasteiger charge is -2.26. The summed E-state index contributed by atoms with van der Waals surface area (Å²) in [4.78, 5) is 6.44. The summed E-state index contributed by atoms with van der Waals surface area (Å²) in [6.07, 6.45) is 1.04. The number of hydrogen-bond acceptors (Lipinski definition) is 3. The zero-order chi connectivity index (χ0) is 10.6.